The van der Waals surface area contributed by atoms with E-state index in [1.54, 1.807) is 42.5 Å². The van der Waals surface area contributed by atoms with Gasteiger partial charge in [-0.3, -0.25) is 9.59 Å². The van der Waals surface area contributed by atoms with Crippen molar-refractivity contribution in [2.45, 2.75) is 19.5 Å². The molecule has 0 saturated carbocycles. The highest BCUT2D eigenvalue weighted by Crippen LogP contribution is 2.42. The third-order valence-corrected chi connectivity index (χ3v) is 5.59. The zero-order valence-electron chi connectivity index (χ0n) is 18.5. The van der Waals surface area contributed by atoms with Crippen LogP contribution in [0, 0.1) is 0 Å². The largest absolute Gasteiger partial charge is 0.507 e. The van der Waals surface area contributed by atoms with E-state index in [0.29, 0.717) is 29.2 Å². The van der Waals surface area contributed by atoms with E-state index in [0.717, 1.165) is 5.56 Å². The summed E-state index contributed by atoms with van der Waals surface area (Å²) in [6.45, 7) is 2.56. The van der Waals surface area contributed by atoms with Gasteiger partial charge in [-0.05, 0) is 30.2 Å². The summed E-state index contributed by atoms with van der Waals surface area (Å²) in [5.74, 6) is -0.534. The minimum atomic E-state index is -0.782. The van der Waals surface area contributed by atoms with Gasteiger partial charge in [0.1, 0.15) is 5.76 Å². The first-order valence-electron chi connectivity index (χ1n) is 10.7. The van der Waals surface area contributed by atoms with Crippen LogP contribution in [0.2, 0.25) is 0 Å². The van der Waals surface area contributed by atoms with Gasteiger partial charge in [-0.1, -0.05) is 66.7 Å². The average molecular weight is 443 g/mol. The normalized spacial score (nSPS) is 17.3. The van der Waals surface area contributed by atoms with E-state index in [4.69, 9.17) is 9.47 Å². The van der Waals surface area contributed by atoms with Crippen molar-refractivity contribution in [3.05, 3.63) is 101 Å². The molecule has 1 saturated heterocycles. The lowest BCUT2D eigenvalue weighted by molar-refractivity contribution is -0.140. The van der Waals surface area contributed by atoms with Crippen LogP contribution in [0.3, 0.4) is 0 Å². The van der Waals surface area contributed by atoms with Crippen molar-refractivity contribution in [1.82, 2.24) is 4.90 Å². The van der Waals surface area contributed by atoms with Gasteiger partial charge in [0.25, 0.3) is 11.7 Å². The SMILES string of the molecule is CCOc1ccc(C2/C(=C(\O)c3ccccc3)C(=O)C(=O)N2Cc2ccccc2)cc1OC. The van der Waals surface area contributed by atoms with E-state index < -0.39 is 17.7 Å². The fraction of sp³-hybridized carbons (Fsp3) is 0.185. The van der Waals surface area contributed by atoms with Crippen molar-refractivity contribution in [2.24, 2.45) is 0 Å². The van der Waals surface area contributed by atoms with Crippen LogP contribution in [0.4, 0.5) is 0 Å². The predicted octanol–water partition coefficient (Wildman–Crippen LogP) is 4.72. The third-order valence-electron chi connectivity index (χ3n) is 5.59. The molecule has 1 atom stereocenters. The number of ketones is 1. The molecule has 0 radical (unpaired) electrons. The summed E-state index contributed by atoms with van der Waals surface area (Å²) in [5, 5.41) is 11.1. The first-order chi connectivity index (χ1) is 16.0. The number of carbonyl (C=O) groups is 2. The van der Waals surface area contributed by atoms with E-state index in [-0.39, 0.29) is 17.9 Å². The first-order valence-corrected chi connectivity index (χ1v) is 10.7. The topological polar surface area (TPSA) is 76.1 Å². The number of rotatable bonds is 7. The van der Waals surface area contributed by atoms with Crippen molar-refractivity contribution < 1.29 is 24.2 Å². The summed E-state index contributed by atoms with van der Waals surface area (Å²) in [4.78, 5) is 27.8. The number of Topliss-reactive ketones (excluding diaryl/α,β-unsaturated/α-hetero) is 1. The molecule has 168 valence electrons. The van der Waals surface area contributed by atoms with Crippen molar-refractivity contribution in [1.29, 1.82) is 0 Å². The predicted molar refractivity (Wildman–Crippen MR) is 125 cm³/mol. The molecule has 0 spiro atoms. The molecule has 1 aliphatic heterocycles. The average Bonchev–Trinajstić information content (AvgIpc) is 3.10. The molecule has 0 aromatic heterocycles. The molecular formula is C27H25NO5. The van der Waals surface area contributed by atoms with Gasteiger partial charge in [0, 0.05) is 12.1 Å². The van der Waals surface area contributed by atoms with E-state index in [1.165, 1.54) is 12.0 Å². The molecule has 0 bridgehead atoms. The highest BCUT2D eigenvalue weighted by molar-refractivity contribution is 6.46. The van der Waals surface area contributed by atoms with Gasteiger partial charge in [-0.25, -0.2) is 0 Å². The molecule has 1 fully saturated rings. The van der Waals surface area contributed by atoms with Gasteiger partial charge < -0.3 is 19.5 Å². The van der Waals surface area contributed by atoms with Crippen LogP contribution in [0.15, 0.2) is 84.4 Å². The molecule has 6 heteroatoms. The van der Waals surface area contributed by atoms with Gasteiger partial charge in [0.2, 0.25) is 0 Å². The summed E-state index contributed by atoms with van der Waals surface area (Å²) >= 11 is 0. The van der Waals surface area contributed by atoms with Crippen LogP contribution in [0.5, 0.6) is 11.5 Å². The van der Waals surface area contributed by atoms with Crippen molar-refractivity contribution in [3.63, 3.8) is 0 Å². The Morgan fingerprint density at radius 1 is 0.939 bits per heavy atom. The number of carbonyl (C=O) groups excluding carboxylic acids is 2. The Bertz CT molecular complexity index is 1190. The zero-order valence-corrected chi connectivity index (χ0v) is 18.5. The fourth-order valence-electron chi connectivity index (χ4n) is 4.05. The van der Waals surface area contributed by atoms with Gasteiger partial charge in [0.05, 0.1) is 25.3 Å². The fourth-order valence-corrected chi connectivity index (χ4v) is 4.05. The maximum Gasteiger partial charge on any atom is 0.295 e. The van der Waals surface area contributed by atoms with Crippen LogP contribution in [0.1, 0.15) is 29.7 Å². The summed E-state index contributed by atoms with van der Waals surface area (Å²) in [6, 6.07) is 22.7. The number of aliphatic hydroxyl groups excluding tert-OH is 1. The number of likely N-dealkylation sites (tertiary alicyclic amines) is 1. The maximum absolute atomic E-state index is 13.2. The third kappa shape index (κ3) is 4.32. The smallest absolute Gasteiger partial charge is 0.295 e. The van der Waals surface area contributed by atoms with Crippen molar-refractivity contribution in [2.75, 3.05) is 13.7 Å². The molecule has 1 heterocycles. The molecule has 0 aliphatic carbocycles. The second-order valence-corrected chi connectivity index (χ2v) is 7.62. The van der Waals surface area contributed by atoms with Crippen LogP contribution >= 0.6 is 0 Å². The number of amides is 1. The Hall–Kier alpha value is -4.06. The summed E-state index contributed by atoms with van der Waals surface area (Å²) in [5.41, 5.74) is 2.04. The summed E-state index contributed by atoms with van der Waals surface area (Å²) in [7, 11) is 1.53. The van der Waals surface area contributed by atoms with Crippen LogP contribution in [0.25, 0.3) is 5.76 Å². The molecule has 3 aromatic carbocycles. The Labute approximate surface area is 192 Å². The molecule has 33 heavy (non-hydrogen) atoms. The minimum Gasteiger partial charge on any atom is -0.507 e. The minimum absolute atomic E-state index is 0.0494. The van der Waals surface area contributed by atoms with Crippen LogP contribution in [-0.4, -0.2) is 35.4 Å². The second-order valence-electron chi connectivity index (χ2n) is 7.62. The first kappa shape index (κ1) is 22.1. The van der Waals surface area contributed by atoms with Crippen LogP contribution < -0.4 is 9.47 Å². The van der Waals surface area contributed by atoms with E-state index in [9.17, 15) is 14.7 Å². The Morgan fingerprint density at radius 3 is 2.24 bits per heavy atom. The second kappa shape index (κ2) is 9.61. The molecule has 4 rings (SSSR count). The molecule has 1 aliphatic rings. The van der Waals surface area contributed by atoms with Crippen molar-refractivity contribution in [3.8, 4) is 11.5 Å². The quantitative estimate of drug-likeness (QED) is 0.325. The molecule has 3 aromatic rings. The van der Waals surface area contributed by atoms with Crippen molar-refractivity contribution >= 4 is 17.4 Å². The molecule has 1 amide bonds. The Morgan fingerprint density at radius 2 is 1.61 bits per heavy atom. The standard InChI is InChI=1S/C27H25NO5/c1-3-33-21-15-14-20(16-22(21)32-2)24-23(25(29)19-12-8-5-9-13-19)26(30)27(31)28(24)17-18-10-6-4-7-11-18/h4-16,24,29H,3,17H2,1-2H3/b25-23+. The van der Waals surface area contributed by atoms with E-state index in [2.05, 4.69) is 0 Å². The highest BCUT2D eigenvalue weighted by atomic mass is 16.5. The maximum atomic E-state index is 13.2. The van der Waals surface area contributed by atoms with E-state index in [1.807, 2.05) is 43.3 Å². The lowest BCUT2D eigenvalue weighted by Gasteiger charge is -2.26. The number of ether oxygens (including phenoxy) is 2. The molecule has 6 nitrogen and oxygen atoms in total. The number of nitrogens with zero attached hydrogens (tertiary/aromatic N) is 1. The lowest BCUT2D eigenvalue weighted by Crippen LogP contribution is -2.29. The summed E-state index contributed by atoms with van der Waals surface area (Å²) < 4.78 is 11.1. The number of hydrogen-bond donors (Lipinski definition) is 1. The number of methoxy groups -OCH3 is 1. The Balaban J connectivity index is 1.87. The van der Waals surface area contributed by atoms with Gasteiger partial charge >= 0.3 is 0 Å². The molecular weight excluding hydrogens is 418 g/mol. The number of hydrogen-bond acceptors (Lipinski definition) is 5. The lowest BCUT2D eigenvalue weighted by atomic mass is 9.95. The van der Waals surface area contributed by atoms with Gasteiger partial charge in [-0.2, -0.15) is 0 Å². The van der Waals surface area contributed by atoms with Gasteiger partial charge in [-0.15, -0.1) is 0 Å². The highest BCUT2D eigenvalue weighted by Gasteiger charge is 2.46. The zero-order chi connectivity index (χ0) is 23.4. The van der Waals surface area contributed by atoms with E-state index >= 15 is 0 Å². The molecule has 1 N–H and O–H groups in total. The summed E-state index contributed by atoms with van der Waals surface area (Å²) in [6.07, 6.45) is 0. The number of benzene rings is 3. The Kier molecular flexibility index (Phi) is 6.45. The number of aliphatic hydroxyl groups is 1. The van der Waals surface area contributed by atoms with Gasteiger partial charge in [0.15, 0.2) is 11.5 Å². The molecule has 1 unspecified atom stereocenters. The monoisotopic (exact) mass is 443 g/mol. The van der Waals surface area contributed by atoms with Crippen LogP contribution in [-0.2, 0) is 16.1 Å².